The van der Waals surface area contributed by atoms with Crippen LogP contribution < -0.4 is 15.4 Å². The number of carbonyl (C=O) groups excluding carboxylic acids is 1. The van der Waals surface area contributed by atoms with Crippen LogP contribution in [0.5, 0.6) is 5.75 Å². The van der Waals surface area contributed by atoms with E-state index in [1.165, 1.54) is 11.1 Å². The van der Waals surface area contributed by atoms with Crippen LogP contribution in [0.4, 0.5) is 5.69 Å². The van der Waals surface area contributed by atoms with Crippen LogP contribution in [-0.4, -0.2) is 17.6 Å². The Morgan fingerprint density at radius 1 is 0.938 bits per heavy atom. The number of amides is 1. The number of benzene rings is 3. The van der Waals surface area contributed by atoms with Crippen molar-refractivity contribution in [2.75, 3.05) is 11.9 Å². The summed E-state index contributed by atoms with van der Waals surface area (Å²) in [6.45, 7) is 7.05. The first-order valence-electron chi connectivity index (χ1n) is 10.8. The number of rotatable bonds is 7. The lowest BCUT2D eigenvalue weighted by Gasteiger charge is -2.19. The average Bonchev–Trinajstić information content (AvgIpc) is 2.77. The molecule has 0 saturated carbocycles. The minimum Gasteiger partial charge on any atom is -0.494 e. The Hall–Kier alpha value is -3.18. The summed E-state index contributed by atoms with van der Waals surface area (Å²) in [6.07, 6.45) is 1.91. The minimum atomic E-state index is -0.240. The van der Waals surface area contributed by atoms with E-state index in [1.807, 2.05) is 66.7 Å². The molecule has 0 saturated heterocycles. The maximum Gasteiger partial charge on any atom is 0.257 e. The third kappa shape index (κ3) is 7.20. The van der Waals surface area contributed by atoms with Crippen LogP contribution >= 0.6 is 12.2 Å². The zero-order valence-corrected chi connectivity index (χ0v) is 19.7. The van der Waals surface area contributed by atoms with Crippen molar-refractivity contribution in [2.45, 2.75) is 39.0 Å². The van der Waals surface area contributed by atoms with E-state index < -0.39 is 0 Å². The first-order chi connectivity index (χ1) is 15.3. The van der Waals surface area contributed by atoms with E-state index >= 15 is 0 Å². The monoisotopic (exact) mass is 446 g/mol. The number of thiocarbonyl (C=S) groups is 1. The molecule has 3 aromatic rings. The van der Waals surface area contributed by atoms with Gasteiger partial charge in [-0.1, -0.05) is 69.3 Å². The topological polar surface area (TPSA) is 50.4 Å². The zero-order chi connectivity index (χ0) is 23.0. The van der Waals surface area contributed by atoms with Crippen LogP contribution in [0.2, 0.25) is 0 Å². The molecule has 0 bridgehead atoms. The summed E-state index contributed by atoms with van der Waals surface area (Å²) in [5, 5.41) is 6.03. The molecule has 0 heterocycles. The Labute approximate surface area is 196 Å². The van der Waals surface area contributed by atoms with Crippen LogP contribution in [-0.2, 0) is 11.8 Å². The van der Waals surface area contributed by atoms with E-state index in [-0.39, 0.29) is 16.4 Å². The molecule has 0 aliphatic heterocycles. The summed E-state index contributed by atoms with van der Waals surface area (Å²) in [6, 6.07) is 25.5. The predicted molar refractivity (Wildman–Crippen MR) is 136 cm³/mol. The molecule has 32 heavy (non-hydrogen) atoms. The van der Waals surface area contributed by atoms with Crippen LogP contribution in [0.15, 0.2) is 78.9 Å². The summed E-state index contributed by atoms with van der Waals surface area (Å²) < 4.78 is 5.87. The third-order valence-electron chi connectivity index (χ3n) is 5.05. The molecule has 0 unspecified atom stereocenters. The second-order valence-electron chi connectivity index (χ2n) is 8.70. The fourth-order valence-electron chi connectivity index (χ4n) is 3.23. The number of aryl methyl sites for hydroxylation is 1. The van der Waals surface area contributed by atoms with Crippen LogP contribution in [0.1, 0.15) is 48.7 Å². The van der Waals surface area contributed by atoms with Gasteiger partial charge in [0.2, 0.25) is 0 Å². The molecule has 0 spiro atoms. The summed E-state index contributed by atoms with van der Waals surface area (Å²) in [7, 11) is 0. The summed E-state index contributed by atoms with van der Waals surface area (Å²) in [5.74, 6) is 0.520. The second-order valence-corrected chi connectivity index (χ2v) is 9.11. The highest BCUT2D eigenvalue weighted by Gasteiger charge is 2.14. The van der Waals surface area contributed by atoms with E-state index in [0.717, 1.165) is 24.3 Å². The van der Waals surface area contributed by atoms with Crippen molar-refractivity contribution in [2.24, 2.45) is 0 Å². The van der Waals surface area contributed by atoms with Crippen molar-refractivity contribution in [3.63, 3.8) is 0 Å². The lowest BCUT2D eigenvalue weighted by Crippen LogP contribution is -2.34. The van der Waals surface area contributed by atoms with E-state index in [9.17, 15) is 4.79 Å². The van der Waals surface area contributed by atoms with Crippen molar-refractivity contribution in [1.29, 1.82) is 0 Å². The van der Waals surface area contributed by atoms with Crippen molar-refractivity contribution >= 4 is 28.9 Å². The molecular formula is C27H30N2O2S. The lowest BCUT2D eigenvalue weighted by molar-refractivity contribution is 0.0977. The van der Waals surface area contributed by atoms with Gasteiger partial charge in [0.1, 0.15) is 5.75 Å². The standard InChI is InChI=1S/C27H30N2O2S/c1-27(2,3)22-16-14-21(15-17-22)25(30)29-26(32)28-23-12-7-13-24(19-23)31-18-8-11-20-9-5-4-6-10-20/h4-7,9-10,12-17,19H,8,11,18H2,1-3H3,(H2,28,29,30,32). The normalized spacial score (nSPS) is 11.0. The third-order valence-corrected chi connectivity index (χ3v) is 5.26. The molecule has 4 nitrogen and oxygen atoms in total. The maximum absolute atomic E-state index is 12.5. The van der Waals surface area contributed by atoms with Gasteiger partial charge < -0.3 is 10.1 Å². The number of hydrogen-bond acceptors (Lipinski definition) is 3. The van der Waals surface area contributed by atoms with Crippen molar-refractivity contribution < 1.29 is 9.53 Å². The van der Waals surface area contributed by atoms with Crippen LogP contribution in [0, 0.1) is 0 Å². The zero-order valence-electron chi connectivity index (χ0n) is 18.9. The molecule has 0 radical (unpaired) electrons. The number of carbonyl (C=O) groups is 1. The molecule has 0 atom stereocenters. The Morgan fingerprint density at radius 2 is 1.66 bits per heavy atom. The van der Waals surface area contributed by atoms with E-state index in [4.69, 9.17) is 17.0 Å². The first-order valence-corrected chi connectivity index (χ1v) is 11.2. The number of anilines is 1. The fraction of sp³-hybridized carbons (Fsp3) is 0.259. The minimum absolute atomic E-state index is 0.0422. The van der Waals surface area contributed by atoms with Gasteiger partial charge in [-0.05, 0) is 65.9 Å². The smallest absolute Gasteiger partial charge is 0.257 e. The Kier molecular flexibility index (Phi) is 8.01. The Bertz CT molecular complexity index is 1040. The molecule has 0 aromatic heterocycles. The molecule has 5 heteroatoms. The van der Waals surface area contributed by atoms with Gasteiger partial charge in [0.05, 0.1) is 6.61 Å². The van der Waals surface area contributed by atoms with Crippen LogP contribution in [0.25, 0.3) is 0 Å². The molecule has 3 aromatic carbocycles. The Balaban J connectivity index is 1.48. The maximum atomic E-state index is 12.5. The van der Waals surface area contributed by atoms with Crippen molar-refractivity contribution in [3.8, 4) is 5.75 Å². The Morgan fingerprint density at radius 3 is 2.34 bits per heavy atom. The summed E-state index contributed by atoms with van der Waals surface area (Å²) in [5.41, 5.74) is 3.85. The van der Waals surface area contributed by atoms with Gasteiger partial charge in [-0.15, -0.1) is 0 Å². The molecule has 166 valence electrons. The van der Waals surface area contributed by atoms with Crippen molar-refractivity contribution in [3.05, 3.63) is 95.6 Å². The molecule has 3 rings (SSSR count). The fourth-order valence-corrected chi connectivity index (χ4v) is 3.44. The number of nitrogens with one attached hydrogen (secondary N) is 2. The highest BCUT2D eigenvalue weighted by atomic mass is 32.1. The van der Waals surface area contributed by atoms with Gasteiger partial charge in [-0.3, -0.25) is 10.1 Å². The molecular weight excluding hydrogens is 416 g/mol. The molecule has 0 aliphatic carbocycles. The van der Waals surface area contributed by atoms with Crippen molar-refractivity contribution in [1.82, 2.24) is 5.32 Å². The average molecular weight is 447 g/mol. The molecule has 0 aliphatic rings. The molecule has 1 amide bonds. The van der Waals surface area contributed by atoms with Gasteiger partial charge in [-0.2, -0.15) is 0 Å². The lowest BCUT2D eigenvalue weighted by atomic mass is 9.87. The first kappa shape index (κ1) is 23.5. The van der Waals surface area contributed by atoms with Crippen LogP contribution in [0.3, 0.4) is 0 Å². The highest BCUT2D eigenvalue weighted by molar-refractivity contribution is 7.80. The van der Waals surface area contributed by atoms with Gasteiger partial charge in [0.15, 0.2) is 5.11 Å². The van der Waals surface area contributed by atoms with Gasteiger partial charge in [0, 0.05) is 17.3 Å². The largest absolute Gasteiger partial charge is 0.494 e. The van der Waals surface area contributed by atoms with E-state index in [0.29, 0.717) is 12.2 Å². The molecule has 0 fully saturated rings. The quantitative estimate of drug-likeness (QED) is 0.339. The van der Waals surface area contributed by atoms with E-state index in [2.05, 4.69) is 43.5 Å². The number of ether oxygens (including phenoxy) is 1. The van der Waals surface area contributed by atoms with E-state index in [1.54, 1.807) is 0 Å². The van der Waals surface area contributed by atoms with Gasteiger partial charge in [-0.25, -0.2) is 0 Å². The molecule has 2 N–H and O–H groups in total. The SMILES string of the molecule is CC(C)(C)c1ccc(C(=O)NC(=S)Nc2cccc(OCCCc3ccccc3)c2)cc1. The highest BCUT2D eigenvalue weighted by Crippen LogP contribution is 2.22. The summed E-state index contributed by atoms with van der Waals surface area (Å²) >= 11 is 5.32. The predicted octanol–water partition coefficient (Wildman–Crippen LogP) is 6.12. The van der Waals surface area contributed by atoms with Gasteiger partial charge >= 0.3 is 0 Å². The van der Waals surface area contributed by atoms with Gasteiger partial charge in [0.25, 0.3) is 5.91 Å². The number of hydrogen-bond donors (Lipinski definition) is 2. The summed E-state index contributed by atoms with van der Waals surface area (Å²) in [4.78, 5) is 12.5. The second kappa shape index (κ2) is 10.9.